The molecule has 1 aromatic rings. The molecule has 0 spiro atoms. The minimum atomic E-state index is -0.438. The standard InChI is InChI=1S/C17H26F2N2/c1-4-13-6-5-7-21(11-13)17-15(18)8-14(9-16(17)19)10-20-12(2)3/h8-9,12-13,20H,4-7,10-11H2,1-3H3. The van der Waals surface area contributed by atoms with Gasteiger partial charge < -0.3 is 10.2 Å². The fourth-order valence-electron chi connectivity index (χ4n) is 2.95. The number of anilines is 1. The number of nitrogens with zero attached hydrogens (tertiary/aromatic N) is 1. The van der Waals surface area contributed by atoms with Crippen LogP contribution in [0.4, 0.5) is 14.5 Å². The van der Waals surface area contributed by atoms with Gasteiger partial charge in [0.15, 0.2) is 0 Å². The normalized spacial score (nSPS) is 19.3. The minimum absolute atomic E-state index is 0.154. The van der Waals surface area contributed by atoms with Gasteiger partial charge in [0.2, 0.25) is 0 Å². The Hall–Kier alpha value is -1.16. The van der Waals surface area contributed by atoms with Crippen LogP contribution >= 0.6 is 0 Å². The Kier molecular flexibility index (Phi) is 5.57. The number of benzene rings is 1. The molecule has 118 valence electrons. The maximum absolute atomic E-state index is 14.3. The molecule has 2 rings (SSSR count). The third kappa shape index (κ3) is 4.16. The molecule has 1 saturated heterocycles. The Labute approximate surface area is 126 Å². The van der Waals surface area contributed by atoms with Crippen molar-refractivity contribution in [2.75, 3.05) is 18.0 Å². The minimum Gasteiger partial charge on any atom is -0.367 e. The van der Waals surface area contributed by atoms with Gasteiger partial charge in [-0.1, -0.05) is 27.2 Å². The summed E-state index contributed by atoms with van der Waals surface area (Å²) in [6.45, 7) is 8.16. The quantitative estimate of drug-likeness (QED) is 0.880. The summed E-state index contributed by atoms with van der Waals surface area (Å²) in [5, 5.41) is 3.18. The molecular weight excluding hydrogens is 270 g/mol. The molecule has 21 heavy (non-hydrogen) atoms. The highest BCUT2D eigenvalue weighted by atomic mass is 19.1. The lowest BCUT2D eigenvalue weighted by atomic mass is 9.95. The van der Waals surface area contributed by atoms with Crippen molar-refractivity contribution in [3.8, 4) is 0 Å². The highest BCUT2D eigenvalue weighted by Crippen LogP contribution is 2.30. The summed E-state index contributed by atoms with van der Waals surface area (Å²) in [6, 6.07) is 3.22. The Bertz CT molecular complexity index is 451. The second-order valence-electron chi connectivity index (χ2n) is 6.31. The number of hydrogen-bond donors (Lipinski definition) is 1. The highest BCUT2D eigenvalue weighted by molar-refractivity contribution is 5.51. The fraction of sp³-hybridized carbons (Fsp3) is 0.647. The Morgan fingerprint density at radius 3 is 2.52 bits per heavy atom. The Balaban J connectivity index is 2.16. The van der Waals surface area contributed by atoms with Gasteiger partial charge in [-0.3, -0.25) is 0 Å². The first-order valence-electron chi connectivity index (χ1n) is 7.97. The molecule has 0 amide bonds. The largest absolute Gasteiger partial charge is 0.367 e. The molecule has 1 heterocycles. The molecule has 0 saturated carbocycles. The average molecular weight is 296 g/mol. The van der Waals surface area contributed by atoms with E-state index in [4.69, 9.17) is 0 Å². The zero-order valence-corrected chi connectivity index (χ0v) is 13.3. The van der Waals surface area contributed by atoms with Crippen LogP contribution in [0.2, 0.25) is 0 Å². The Morgan fingerprint density at radius 1 is 1.29 bits per heavy atom. The van der Waals surface area contributed by atoms with Crippen LogP contribution in [0.1, 0.15) is 45.6 Å². The summed E-state index contributed by atoms with van der Waals surface area (Å²) in [7, 11) is 0. The first kappa shape index (κ1) is 16.2. The van der Waals surface area contributed by atoms with Crippen LogP contribution in [0.15, 0.2) is 12.1 Å². The van der Waals surface area contributed by atoms with E-state index in [-0.39, 0.29) is 5.69 Å². The third-order valence-electron chi connectivity index (χ3n) is 4.20. The lowest BCUT2D eigenvalue weighted by Gasteiger charge is -2.34. The lowest BCUT2D eigenvalue weighted by molar-refractivity contribution is 0.397. The summed E-state index contributed by atoms with van der Waals surface area (Å²) in [4.78, 5) is 1.88. The molecule has 0 aromatic heterocycles. The molecule has 4 heteroatoms. The van der Waals surface area contributed by atoms with E-state index in [9.17, 15) is 8.78 Å². The van der Waals surface area contributed by atoms with Crippen LogP contribution in [0.3, 0.4) is 0 Å². The van der Waals surface area contributed by atoms with Crippen molar-refractivity contribution in [2.24, 2.45) is 5.92 Å². The summed E-state index contributed by atoms with van der Waals surface area (Å²) in [6.07, 6.45) is 3.23. The van der Waals surface area contributed by atoms with Gasteiger partial charge in [-0.2, -0.15) is 0 Å². The van der Waals surface area contributed by atoms with Gasteiger partial charge in [-0.15, -0.1) is 0 Å². The average Bonchev–Trinajstić information content (AvgIpc) is 2.44. The van der Waals surface area contributed by atoms with E-state index in [1.165, 1.54) is 12.1 Å². The molecular formula is C17H26F2N2. The van der Waals surface area contributed by atoms with Crippen molar-refractivity contribution in [1.29, 1.82) is 0 Å². The van der Waals surface area contributed by atoms with E-state index in [0.29, 0.717) is 24.1 Å². The predicted octanol–water partition coefficient (Wildman–Crippen LogP) is 4.09. The van der Waals surface area contributed by atoms with Crippen LogP contribution in [-0.2, 0) is 6.54 Å². The van der Waals surface area contributed by atoms with E-state index >= 15 is 0 Å². The monoisotopic (exact) mass is 296 g/mol. The van der Waals surface area contributed by atoms with E-state index in [2.05, 4.69) is 12.2 Å². The number of halogens is 2. The SMILES string of the molecule is CCC1CCCN(c2c(F)cc(CNC(C)C)cc2F)C1. The first-order chi connectivity index (χ1) is 10.0. The van der Waals surface area contributed by atoms with Crippen molar-refractivity contribution < 1.29 is 8.78 Å². The topological polar surface area (TPSA) is 15.3 Å². The molecule has 1 aliphatic rings. The second kappa shape index (κ2) is 7.21. The predicted molar refractivity (Wildman–Crippen MR) is 83.6 cm³/mol. The van der Waals surface area contributed by atoms with Crippen molar-refractivity contribution >= 4 is 5.69 Å². The molecule has 0 aliphatic carbocycles. The van der Waals surface area contributed by atoms with E-state index in [1.54, 1.807) is 0 Å². The van der Waals surface area contributed by atoms with Crippen molar-refractivity contribution in [3.63, 3.8) is 0 Å². The summed E-state index contributed by atoms with van der Waals surface area (Å²) < 4.78 is 28.7. The van der Waals surface area contributed by atoms with Gasteiger partial charge in [0.1, 0.15) is 17.3 Å². The van der Waals surface area contributed by atoms with Gasteiger partial charge in [-0.05, 0) is 36.5 Å². The van der Waals surface area contributed by atoms with Crippen LogP contribution in [0.5, 0.6) is 0 Å². The number of rotatable bonds is 5. The Morgan fingerprint density at radius 2 is 1.95 bits per heavy atom. The van der Waals surface area contributed by atoms with Gasteiger partial charge in [0.25, 0.3) is 0 Å². The zero-order valence-electron chi connectivity index (χ0n) is 13.3. The molecule has 1 atom stereocenters. The first-order valence-corrected chi connectivity index (χ1v) is 7.97. The second-order valence-corrected chi connectivity index (χ2v) is 6.31. The summed E-state index contributed by atoms with van der Waals surface area (Å²) in [5.41, 5.74) is 0.813. The van der Waals surface area contributed by atoms with Crippen LogP contribution in [0, 0.1) is 17.6 Å². The molecule has 1 aromatic carbocycles. The molecule has 1 fully saturated rings. The molecule has 1 aliphatic heterocycles. The molecule has 0 bridgehead atoms. The lowest BCUT2D eigenvalue weighted by Crippen LogP contribution is -2.36. The summed E-state index contributed by atoms with van der Waals surface area (Å²) >= 11 is 0. The van der Waals surface area contributed by atoms with Gasteiger partial charge in [-0.25, -0.2) is 8.78 Å². The van der Waals surface area contributed by atoms with E-state index in [0.717, 1.165) is 32.4 Å². The number of hydrogen-bond acceptors (Lipinski definition) is 2. The van der Waals surface area contributed by atoms with Crippen molar-refractivity contribution in [3.05, 3.63) is 29.3 Å². The summed E-state index contributed by atoms with van der Waals surface area (Å²) in [5.74, 6) is -0.334. The van der Waals surface area contributed by atoms with Gasteiger partial charge in [0.05, 0.1) is 0 Å². The smallest absolute Gasteiger partial charge is 0.149 e. The van der Waals surface area contributed by atoms with Gasteiger partial charge >= 0.3 is 0 Å². The van der Waals surface area contributed by atoms with Crippen LogP contribution in [-0.4, -0.2) is 19.1 Å². The number of nitrogens with one attached hydrogen (secondary N) is 1. The molecule has 1 N–H and O–H groups in total. The zero-order chi connectivity index (χ0) is 15.4. The van der Waals surface area contributed by atoms with Crippen LogP contribution in [0.25, 0.3) is 0 Å². The van der Waals surface area contributed by atoms with E-state index in [1.807, 2.05) is 18.7 Å². The molecule has 0 radical (unpaired) electrons. The van der Waals surface area contributed by atoms with Crippen molar-refractivity contribution in [1.82, 2.24) is 5.32 Å². The van der Waals surface area contributed by atoms with Gasteiger partial charge in [0, 0.05) is 25.7 Å². The maximum Gasteiger partial charge on any atom is 0.149 e. The third-order valence-corrected chi connectivity index (χ3v) is 4.20. The van der Waals surface area contributed by atoms with Crippen LogP contribution < -0.4 is 10.2 Å². The van der Waals surface area contributed by atoms with E-state index < -0.39 is 11.6 Å². The molecule has 1 unspecified atom stereocenters. The number of piperidine rings is 1. The fourth-order valence-corrected chi connectivity index (χ4v) is 2.95. The molecule has 2 nitrogen and oxygen atoms in total. The highest BCUT2D eigenvalue weighted by Gasteiger charge is 2.24. The maximum atomic E-state index is 14.3. The van der Waals surface area contributed by atoms with Crippen molar-refractivity contribution in [2.45, 2.75) is 52.6 Å².